The largest absolute Gasteiger partial charge is 0.401 e. The second-order valence-corrected chi connectivity index (χ2v) is 9.12. The summed E-state index contributed by atoms with van der Waals surface area (Å²) < 4.78 is 6.27. The van der Waals surface area contributed by atoms with Crippen molar-refractivity contribution in [2.24, 2.45) is 0 Å². The zero-order valence-electron chi connectivity index (χ0n) is 11.0. The first-order chi connectivity index (χ1) is 7.51. The first-order valence-electron chi connectivity index (χ1n) is 6.13. The Kier molecular flexibility index (Phi) is 6.62. The van der Waals surface area contributed by atoms with Crippen LogP contribution in [0, 0.1) is 12.3 Å². The summed E-state index contributed by atoms with van der Waals surface area (Å²) in [5.41, 5.74) is -0.560. The van der Waals surface area contributed by atoms with E-state index in [-0.39, 0.29) is 0 Å². The molecular formula is C13H24O2Si. The lowest BCUT2D eigenvalue weighted by Crippen LogP contribution is -2.45. The molecule has 0 radical (unpaired) electrons. The van der Waals surface area contributed by atoms with Crippen molar-refractivity contribution in [3.8, 4) is 12.3 Å². The highest BCUT2D eigenvalue weighted by Gasteiger charge is 2.36. The topological polar surface area (TPSA) is 26.3 Å². The zero-order chi connectivity index (χ0) is 12.7. The van der Waals surface area contributed by atoms with Crippen LogP contribution in [0.1, 0.15) is 40.5 Å². The molecule has 0 aliphatic rings. The molecular weight excluding hydrogens is 216 g/mol. The predicted octanol–water partition coefficient (Wildman–Crippen LogP) is 3.38. The number of hydrogen-bond acceptors (Lipinski definition) is 2. The molecule has 0 amide bonds. The number of terminal acetylenes is 1. The highest BCUT2D eigenvalue weighted by atomic mass is 28.4. The summed E-state index contributed by atoms with van der Waals surface area (Å²) in [7, 11) is -1.68. The smallest absolute Gasteiger partial charge is 0.194 e. The molecule has 0 saturated heterocycles. The van der Waals surface area contributed by atoms with Gasteiger partial charge in [0.1, 0.15) is 11.9 Å². The zero-order valence-corrected chi connectivity index (χ0v) is 12.0. The first-order valence-corrected chi connectivity index (χ1v) is 8.66. The molecule has 92 valence electrons. The van der Waals surface area contributed by atoms with Crippen molar-refractivity contribution in [2.75, 3.05) is 0 Å². The summed E-state index contributed by atoms with van der Waals surface area (Å²) in [6, 6.07) is 3.25. The van der Waals surface area contributed by atoms with E-state index in [1.54, 1.807) is 0 Å². The fraction of sp³-hybridized carbons (Fsp3) is 0.769. The van der Waals surface area contributed by atoms with Gasteiger partial charge in [-0.15, -0.1) is 6.42 Å². The van der Waals surface area contributed by atoms with Crippen LogP contribution in [0.3, 0.4) is 0 Å². The number of rotatable bonds is 8. The molecule has 0 aliphatic heterocycles. The minimum atomic E-state index is -1.68. The Balaban J connectivity index is 4.73. The van der Waals surface area contributed by atoms with Gasteiger partial charge in [-0.2, -0.15) is 0 Å². The Morgan fingerprint density at radius 3 is 2.12 bits per heavy atom. The monoisotopic (exact) mass is 240 g/mol. The third-order valence-corrected chi connectivity index (χ3v) is 8.17. The summed E-state index contributed by atoms with van der Waals surface area (Å²) in [6.07, 6.45) is 7.56. The lowest BCUT2D eigenvalue weighted by Gasteiger charge is -2.37. The SMILES string of the molecule is C#C[C@](C)(CCC=O)O[Si](CC)(CC)CC. The molecule has 0 bridgehead atoms. The number of aldehydes is 1. The van der Waals surface area contributed by atoms with Gasteiger partial charge in [0.05, 0.1) is 0 Å². The molecule has 0 aromatic rings. The summed E-state index contributed by atoms with van der Waals surface area (Å²) in [6.45, 7) is 8.46. The first kappa shape index (κ1) is 15.4. The molecule has 1 atom stereocenters. The normalized spacial score (nSPS) is 15.2. The Morgan fingerprint density at radius 2 is 1.81 bits per heavy atom. The van der Waals surface area contributed by atoms with Crippen molar-refractivity contribution in [3.05, 3.63) is 0 Å². The Labute approximate surface area is 101 Å². The Bertz CT molecular complexity index is 245. The van der Waals surface area contributed by atoms with Gasteiger partial charge in [0.25, 0.3) is 0 Å². The van der Waals surface area contributed by atoms with Crippen LogP contribution < -0.4 is 0 Å². The van der Waals surface area contributed by atoms with Crippen LogP contribution >= 0.6 is 0 Å². The second kappa shape index (κ2) is 6.88. The Hall–Kier alpha value is -0.593. The van der Waals surface area contributed by atoms with Gasteiger partial charge in [0.2, 0.25) is 0 Å². The molecule has 0 unspecified atom stereocenters. The van der Waals surface area contributed by atoms with Crippen LogP contribution in [0.25, 0.3) is 0 Å². The van der Waals surface area contributed by atoms with Gasteiger partial charge in [-0.25, -0.2) is 0 Å². The standard InChI is InChI=1S/C13H24O2Si/c1-6-13(5,11-10-12-14)15-16(7-2,8-3)9-4/h1,12H,7-11H2,2-5H3/t13-/m1/s1. The molecule has 2 nitrogen and oxygen atoms in total. The van der Waals surface area contributed by atoms with E-state index in [1.807, 2.05) is 6.92 Å². The van der Waals surface area contributed by atoms with E-state index in [9.17, 15) is 4.79 Å². The molecule has 0 saturated carbocycles. The van der Waals surface area contributed by atoms with Gasteiger partial charge < -0.3 is 9.22 Å². The average Bonchev–Trinajstić information content (AvgIpc) is 2.34. The second-order valence-electron chi connectivity index (χ2n) is 4.43. The quantitative estimate of drug-likeness (QED) is 0.369. The van der Waals surface area contributed by atoms with Crippen LogP contribution in [0.4, 0.5) is 0 Å². The minimum absolute atomic E-state index is 0.475. The summed E-state index contributed by atoms with van der Waals surface area (Å²) in [5, 5.41) is 0. The van der Waals surface area contributed by atoms with Crippen LogP contribution in [0.2, 0.25) is 18.1 Å². The van der Waals surface area contributed by atoms with E-state index in [0.29, 0.717) is 12.8 Å². The van der Waals surface area contributed by atoms with E-state index in [0.717, 1.165) is 24.4 Å². The van der Waals surface area contributed by atoms with Crippen molar-refractivity contribution < 1.29 is 9.22 Å². The van der Waals surface area contributed by atoms with E-state index in [4.69, 9.17) is 10.8 Å². The highest BCUT2D eigenvalue weighted by molar-refractivity contribution is 6.73. The van der Waals surface area contributed by atoms with Crippen molar-refractivity contribution >= 4 is 14.6 Å². The maximum Gasteiger partial charge on any atom is 0.194 e. The maximum atomic E-state index is 10.4. The molecule has 16 heavy (non-hydrogen) atoms. The van der Waals surface area contributed by atoms with Crippen LogP contribution in [-0.4, -0.2) is 20.2 Å². The third kappa shape index (κ3) is 4.11. The van der Waals surface area contributed by atoms with E-state index < -0.39 is 13.9 Å². The number of hydrogen-bond donors (Lipinski definition) is 0. The fourth-order valence-electron chi connectivity index (χ4n) is 1.93. The van der Waals surface area contributed by atoms with Gasteiger partial charge in [-0.05, 0) is 31.5 Å². The predicted molar refractivity (Wildman–Crippen MR) is 70.8 cm³/mol. The molecule has 0 spiro atoms. The lowest BCUT2D eigenvalue weighted by molar-refractivity contribution is -0.108. The van der Waals surface area contributed by atoms with Crippen molar-refractivity contribution in [1.29, 1.82) is 0 Å². The van der Waals surface area contributed by atoms with Gasteiger partial charge in [-0.1, -0.05) is 26.7 Å². The van der Waals surface area contributed by atoms with Gasteiger partial charge in [0, 0.05) is 6.42 Å². The van der Waals surface area contributed by atoms with Gasteiger partial charge >= 0.3 is 0 Å². The lowest BCUT2D eigenvalue weighted by atomic mass is 10.0. The molecule has 0 rings (SSSR count). The van der Waals surface area contributed by atoms with Crippen molar-refractivity contribution in [3.63, 3.8) is 0 Å². The van der Waals surface area contributed by atoms with Gasteiger partial charge in [-0.3, -0.25) is 0 Å². The van der Waals surface area contributed by atoms with Crippen LogP contribution in [-0.2, 0) is 9.22 Å². The molecule has 0 aromatic heterocycles. The molecule has 0 heterocycles. The molecule has 3 heteroatoms. The number of carbonyl (C=O) groups is 1. The van der Waals surface area contributed by atoms with Crippen LogP contribution in [0.5, 0.6) is 0 Å². The van der Waals surface area contributed by atoms with Gasteiger partial charge in [0.15, 0.2) is 8.32 Å². The minimum Gasteiger partial charge on any atom is -0.401 e. The molecule has 0 N–H and O–H groups in total. The van der Waals surface area contributed by atoms with Crippen molar-refractivity contribution in [2.45, 2.75) is 64.3 Å². The van der Waals surface area contributed by atoms with Crippen molar-refractivity contribution in [1.82, 2.24) is 0 Å². The third-order valence-electron chi connectivity index (χ3n) is 3.42. The van der Waals surface area contributed by atoms with Crippen LogP contribution in [0.15, 0.2) is 0 Å². The maximum absolute atomic E-state index is 10.4. The number of carbonyl (C=O) groups excluding carboxylic acids is 1. The summed E-state index contributed by atoms with van der Waals surface area (Å²) >= 11 is 0. The fourth-order valence-corrected chi connectivity index (χ4v) is 4.98. The average molecular weight is 240 g/mol. The molecule has 0 aliphatic carbocycles. The Morgan fingerprint density at radius 1 is 1.31 bits per heavy atom. The van der Waals surface area contributed by atoms with E-state index in [2.05, 4.69) is 26.7 Å². The highest BCUT2D eigenvalue weighted by Crippen LogP contribution is 2.29. The molecule has 0 fully saturated rings. The van der Waals surface area contributed by atoms with E-state index in [1.165, 1.54) is 0 Å². The summed E-state index contributed by atoms with van der Waals surface area (Å²) in [5.74, 6) is 2.73. The summed E-state index contributed by atoms with van der Waals surface area (Å²) in [4.78, 5) is 10.4. The molecule has 0 aromatic carbocycles. The van der Waals surface area contributed by atoms with E-state index >= 15 is 0 Å².